The summed E-state index contributed by atoms with van der Waals surface area (Å²) < 4.78 is 5.59. The van der Waals surface area contributed by atoms with Gasteiger partial charge in [-0.15, -0.1) is 0 Å². The Balaban J connectivity index is 1.49. The molecule has 3 aliphatic rings. The predicted molar refractivity (Wildman–Crippen MR) is 64.6 cm³/mol. The number of fused-ring (bicyclic) bond motifs is 1. The lowest BCUT2D eigenvalue weighted by Gasteiger charge is -2.25. The minimum absolute atomic E-state index is 0.0942. The third-order valence-electron chi connectivity index (χ3n) is 4.49. The summed E-state index contributed by atoms with van der Waals surface area (Å²) in [6, 6.07) is 0. The predicted octanol–water partition coefficient (Wildman–Crippen LogP) is 0.623. The van der Waals surface area contributed by atoms with Gasteiger partial charge in [-0.25, -0.2) is 0 Å². The van der Waals surface area contributed by atoms with E-state index in [1.807, 2.05) is 0 Å². The Morgan fingerprint density at radius 3 is 2.71 bits per heavy atom. The minimum atomic E-state index is 0.0942. The Morgan fingerprint density at radius 1 is 1.29 bits per heavy atom. The van der Waals surface area contributed by atoms with Crippen molar-refractivity contribution in [3.05, 3.63) is 0 Å². The van der Waals surface area contributed by atoms with Crippen LogP contribution in [0.1, 0.15) is 25.7 Å². The third-order valence-corrected chi connectivity index (χ3v) is 4.49. The minimum Gasteiger partial charge on any atom is -0.375 e. The van der Waals surface area contributed by atoms with E-state index in [2.05, 4.69) is 10.2 Å². The Labute approximate surface area is 103 Å². The lowest BCUT2D eigenvalue weighted by atomic mass is 10.0. The van der Waals surface area contributed by atoms with Gasteiger partial charge in [-0.2, -0.15) is 0 Å². The van der Waals surface area contributed by atoms with E-state index in [-0.39, 0.29) is 6.10 Å². The van der Waals surface area contributed by atoms with Crippen LogP contribution in [-0.4, -0.2) is 49.7 Å². The first kappa shape index (κ1) is 11.5. The molecule has 3 fully saturated rings. The molecule has 1 saturated carbocycles. The molecule has 4 nitrogen and oxygen atoms in total. The number of hydrogen-bond acceptors (Lipinski definition) is 3. The van der Waals surface area contributed by atoms with Crippen LogP contribution in [0.5, 0.6) is 0 Å². The van der Waals surface area contributed by atoms with Crippen LogP contribution in [0.25, 0.3) is 0 Å². The molecule has 1 aliphatic carbocycles. The van der Waals surface area contributed by atoms with Crippen LogP contribution < -0.4 is 5.32 Å². The molecular weight excluding hydrogens is 216 g/mol. The molecule has 1 amide bonds. The van der Waals surface area contributed by atoms with Crippen molar-refractivity contribution in [2.45, 2.75) is 31.8 Å². The molecule has 0 aromatic heterocycles. The number of morpholine rings is 1. The van der Waals surface area contributed by atoms with Gasteiger partial charge in [0, 0.05) is 26.2 Å². The highest BCUT2D eigenvalue weighted by Crippen LogP contribution is 2.37. The maximum absolute atomic E-state index is 12.2. The van der Waals surface area contributed by atoms with E-state index < -0.39 is 0 Å². The standard InChI is InChI=1S/C13H22N2O2/c16-13(6-12-7-14-4-5-17-12)15-8-10-2-1-3-11(10)9-15/h10-12,14H,1-9H2. The fraction of sp³-hybridized carbons (Fsp3) is 0.923. The summed E-state index contributed by atoms with van der Waals surface area (Å²) in [5.41, 5.74) is 0. The first-order chi connectivity index (χ1) is 8.33. The molecule has 96 valence electrons. The number of carbonyl (C=O) groups excluding carboxylic acids is 1. The highest BCUT2D eigenvalue weighted by atomic mass is 16.5. The number of nitrogens with one attached hydrogen (secondary N) is 1. The summed E-state index contributed by atoms with van der Waals surface area (Å²) in [6.07, 6.45) is 4.68. The molecule has 0 spiro atoms. The quantitative estimate of drug-likeness (QED) is 0.767. The second kappa shape index (κ2) is 4.94. The Bertz CT molecular complexity index is 277. The van der Waals surface area contributed by atoms with Crippen molar-refractivity contribution >= 4 is 5.91 Å². The van der Waals surface area contributed by atoms with Gasteiger partial charge >= 0.3 is 0 Å². The Hall–Kier alpha value is -0.610. The highest BCUT2D eigenvalue weighted by molar-refractivity contribution is 5.77. The average molecular weight is 238 g/mol. The molecule has 2 saturated heterocycles. The van der Waals surface area contributed by atoms with Crippen molar-refractivity contribution in [1.29, 1.82) is 0 Å². The van der Waals surface area contributed by atoms with Crippen LogP contribution in [-0.2, 0) is 9.53 Å². The smallest absolute Gasteiger partial charge is 0.225 e. The SMILES string of the molecule is O=C(CC1CNCCO1)N1CC2CCCC2C1. The van der Waals surface area contributed by atoms with Crippen LogP contribution in [0, 0.1) is 11.8 Å². The average Bonchev–Trinajstić information content (AvgIpc) is 2.90. The number of ether oxygens (including phenoxy) is 1. The van der Waals surface area contributed by atoms with Gasteiger partial charge in [0.25, 0.3) is 0 Å². The van der Waals surface area contributed by atoms with Gasteiger partial charge in [-0.3, -0.25) is 4.79 Å². The lowest BCUT2D eigenvalue weighted by molar-refractivity contribution is -0.134. The Kier molecular flexibility index (Phi) is 3.34. The zero-order valence-electron chi connectivity index (χ0n) is 10.4. The first-order valence-corrected chi connectivity index (χ1v) is 6.93. The van der Waals surface area contributed by atoms with E-state index in [0.717, 1.165) is 44.6 Å². The fourth-order valence-corrected chi connectivity index (χ4v) is 3.51. The van der Waals surface area contributed by atoms with E-state index in [1.165, 1.54) is 19.3 Å². The molecule has 3 atom stereocenters. The van der Waals surface area contributed by atoms with Crippen molar-refractivity contribution in [3.8, 4) is 0 Å². The van der Waals surface area contributed by atoms with Crippen molar-refractivity contribution in [2.75, 3.05) is 32.8 Å². The zero-order valence-corrected chi connectivity index (χ0v) is 10.4. The van der Waals surface area contributed by atoms with Gasteiger partial charge in [0.05, 0.1) is 19.1 Å². The van der Waals surface area contributed by atoms with Gasteiger partial charge in [0.1, 0.15) is 0 Å². The number of hydrogen-bond donors (Lipinski definition) is 1. The summed E-state index contributed by atoms with van der Waals surface area (Å²) in [4.78, 5) is 14.2. The van der Waals surface area contributed by atoms with Crippen molar-refractivity contribution in [3.63, 3.8) is 0 Å². The van der Waals surface area contributed by atoms with Gasteiger partial charge < -0.3 is 15.0 Å². The van der Waals surface area contributed by atoms with Crippen LogP contribution >= 0.6 is 0 Å². The molecule has 0 aromatic carbocycles. The van der Waals surface area contributed by atoms with E-state index in [4.69, 9.17) is 4.74 Å². The summed E-state index contributed by atoms with van der Waals surface area (Å²) in [7, 11) is 0. The molecule has 1 N–H and O–H groups in total. The monoisotopic (exact) mass is 238 g/mol. The van der Waals surface area contributed by atoms with Crippen LogP contribution in [0.15, 0.2) is 0 Å². The normalized spacial score (nSPS) is 37.2. The second-order valence-corrected chi connectivity index (χ2v) is 5.65. The fourth-order valence-electron chi connectivity index (χ4n) is 3.51. The molecule has 17 heavy (non-hydrogen) atoms. The maximum atomic E-state index is 12.2. The summed E-state index contributed by atoms with van der Waals surface area (Å²) >= 11 is 0. The largest absolute Gasteiger partial charge is 0.375 e. The van der Waals surface area contributed by atoms with Crippen molar-refractivity contribution < 1.29 is 9.53 Å². The van der Waals surface area contributed by atoms with E-state index in [0.29, 0.717) is 12.3 Å². The summed E-state index contributed by atoms with van der Waals surface area (Å²) in [6.45, 7) is 4.49. The summed E-state index contributed by atoms with van der Waals surface area (Å²) in [5, 5.41) is 3.27. The van der Waals surface area contributed by atoms with E-state index in [9.17, 15) is 4.79 Å². The molecule has 0 radical (unpaired) electrons. The number of nitrogens with zero attached hydrogens (tertiary/aromatic N) is 1. The van der Waals surface area contributed by atoms with Crippen LogP contribution in [0.2, 0.25) is 0 Å². The number of likely N-dealkylation sites (tertiary alicyclic amines) is 1. The molecule has 3 unspecified atom stereocenters. The molecule has 0 bridgehead atoms. The molecule has 2 aliphatic heterocycles. The molecule has 0 aromatic rings. The topological polar surface area (TPSA) is 41.6 Å². The number of amides is 1. The second-order valence-electron chi connectivity index (χ2n) is 5.65. The highest BCUT2D eigenvalue weighted by Gasteiger charge is 2.38. The Morgan fingerprint density at radius 2 is 2.06 bits per heavy atom. The van der Waals surface area contributed by atoms with Crippen LogP contribution in [0.3, 0.4) is 0 Å². The zero-order chi connectivity index (χ0) is 11.7. The molecular formula is C13H22N2O2. The van der Waals surface area contributed by atoms with E-state index in [1.54, 1.807) is 0 Å². The first-order valence-electron chi connectivity index (χ1n) is 6.93. The third kappa shape index (κ3) is 2.47. The summed E-state index contributed by atoms with van der Waals surface area (Å²) in [5.74, 6) is 1.89. The van der Waals surface area contributed by atoms with Gasteiger partial charge in [0.15, 0.2) is 0 Å². The van der Waals surface area contributed by atoms with E-state index >= 15 is 0 Å². The van der Waals surface area contributed by atoms with Crippen molar-refractivity contribution in [2.24, 2.45) is 11.8 Å². The number of carbonyl (C=O) groups is 1. The van der Waals surface area contributed by atoms with Gasteiger partial charge in [-0.1, -0.05) is 6.42 Å². The molecule has 2 heterocycles. The van der Waals surface area contributed by atoms with Crippen molar-refractivity contribution in [1.82, 2.24) is 10.2 Å². The molecule has 3 rings (SSSR count). The van der Waals surface area contributed by atoms with Gasteiger partial charge in [0.2, 0.25) is 5.91 Å². The number of rotatable bonds is 2. The maximum Gasteiger partial charge on any atom is 0.225 e. The molecule has 4 heteroatoms. The van der Waals surface area contributed by atoms with Crippen LogP contribution in [0.4, 0.5) is 0 Å². The lowest BCUT2D eigenvalue weighted by Crippen LogP contribution is -2.42. The van der Waals surface area contributed by atoms with Gasteiger partial charge in [-0.05, 0) is 24.7 Å².